The highest BCUT2D eigenvalue weighted by molar-refractivity contribution is 8.00. The minimum Gasteiger partial charge on any atom is -0.351 e. The maximum absolute atomic E-state index is 12.2. The summed E-state index contributed by atoms with van der Waals surface area (Å²) in [6, 6.07) is 7.41. The molecule has 3 aromatic rings. The van der Waals surface area contributed by atoms with Crippen LogP contribution >= 0.6 is 23.4 Å². The number of aromatic amines is 1. The molecule has 0 spiro atoms. The van der Waals surface area contributed by atoms with E-state index in [1.54, 1.807) is 12.4 Å². The normalized spacial score (nSPS) is 12.3. The summed E-state index contributed by atoms with van der Waals surface area (Å²) in [6.45, 7) is 2.27. The van der Waals surface area contributed by atoms with E-state index in [1.165, 1.54) is 18.1 Å². The van der Waals surface area contributed by atoms with Gasteiger partial charge in [-0.1, -0.05) is 35.5 Å². The number of nitrogens with zero attached hydrogens (tertiary/aromatic N) is 3. The predicted molar refractivity (Wildman–Crippen MR) is 90.3 cm³/mol. The first-order valence-corrected chi connectivity index (χ1v) is 8.22. The van der Waals surface area contributed by atoms with E-state index in [9.17, 15) is 4.79 Å². The van der Waals surface area contributed by atoms with Crippen molar-refractivity contribution in [3.8, 4) is 0 Å². The van der Waals surface area contributed by atoms with E-state index in [0.29, 0.717) is 22.2 Å². The molecule has 0 radical (unpaired) electrons. The highest BCUT2D eigenvalue weighted by Crippen LogP contribution is 2.26. The van der Waals surface area contributed by atoms with Crippen LogP contribution in [0.15, 0.2) is 41.9 Å². The van der Waals surface area contributed by atoms with Crippen molar-refractivity contribution in [3.63, 3.8) is 0 Å². The Bertz CT molecular complexity index is 837. The average molecular weight is 348 g/mol. The van der Waals surface area contributed by atoms with Gasteiger partial charge in [-0.15, -0.1) is 0 Å². The largest absolute Gasteiger partial charge is 0.351 e. The second-order valence-electron chi connectivity index (χ2n) is 4.89. The predicted octanol–water partition coefficient (Wildman–Crippen LogP) is 2.80. The third-order valence-corrected chi connectivity index (χ3v) is 4.54. The molecule has 2 heterocycles. The fraction of sp³-hybridized carbons (Fsp3) is 0.200. The molecule has 0 saturated heterocycles. The monoisotopic (exact) mass is 347 g/mol. The fourth-order valence-corrected chi connectivity index (χ4v) is 3.15. The van der Waals surface area contributed by atoms with Crippen LogP contribution in [0.5, 0.6) is 0 Å². The maximum atomic E-state index is 12.2. The number of H-pyrrole nitrogens is 1. The molecule has 0 fully saturated rings. The molecule has 8 heteroatoms. The molecular formula is C15H14ClN5OS. The van der Waals surface area contributed by atoms with Gasteiger partial charge in [-0.3, -0.25) is 4.79 Å². The second kappa shape index (κ2) is 6.97. The van der Waals surface area contributed by atoms with Gasteiger partial charge in [-0.25, -0.2) is 15.0 Å². The lowest BCUT2D eigenvalue weighted by Crippen LogP contribution is -2.30. The van der Waals surface area contributed by atoms with Crippen molar-refractivity contribution in [3.05, 3.63) is 47.5 Å². The molecule has 0 saturated carbocycles. The van der Waals surface area contributed by atoms with Gasteiger partial charge in [0, 0.05) is 11.6 Å². The first kappa shape index (κ1) is 15.8. The number of carbonyl (C=O) groups is 1. The molecule has 1 atom stereocenters. The van der Waals surface area contributed by atoms with E-state index >= 15 is 0 Å². The van der Waals surface area contributed by atoms with Crippen molar-refractivity contribution in [2.24, 2.45) is 0 Å². The summed E-state index contributed by atoms with van der Waals surface area (Å²) in [5.74, 6) is -0.0683. The minimum absolute atomic E-state index is 0.0683. The van der Waals surface area contributed by atoms with Crippen LogP contribution in [-0.4, -0.2) is 31.1 Å². The van der Waals surface area contributed by atoms with Crippen molar-refractivity contribution >= 4 is 40.4 Å². The number of carbonyl (C=O) groups excluding carboxylic acids is 1. The number of thioether (sulfide) groups is 1. The third kappa shape index (κ3) is 3.80. The van der Waals surface area contributed by atoms with Gasteiger partial charge < -0.3 is 10.3 Å². The van der Waals surface area contributed by atoms with E-state index < -0.39 is 0 Å². The zero-order valence-electron chi connectivity index (χ0n) is 12.3. The van der Waals surface area contributed by atoms with E-state index in [0.717, 1.165) is 11.1 Å². The molecule has 23 heavy (non-hydrogen) atoms. The Labute approximate surface area is 142 Å². The van der Waals surface area contributed by atoms with Crippen LogP contribution in [0.4, 0.5) is 0 Å². The fourth-order valence-electron chi connectivity index (χ4n) is 2.03. The molecule has 1 amide bonds. The molecule has 0 aliphatic heterocycles. The molecule has 0 aliphatic carbocycles. The minimum atomic E-state index is -0.296. The summed E-state index contributed by atoms with van der Waals surface area (Å²) in [5.41, 5.74) is 2.29. The van der Waals surface area contributed by atoms with E-state index in [2.05, 4.69) is 25.3 Å². The average Bonchev–Trinajstić information content (AvgIpc) is 3.02. The Morgan fingerprint density at radius 3 is 3.09 bits per heavy atom. The van der Waals surface area contributed by atoms with Gasteiger partial charge in [0.2, 0.25) is 5.91 Å². The lowest BCUT2D eigenvalue weighted by molar-refractivity contribution is -0.120. The number of hydrogen-bond acceptors (Lipinski definition) is 5. The number of nitrogens with one attached hydrogen (secondary N) is 2. The third-order valence-electron chi connectivity index (χ3n) is 3.20. The SMILES string of the molecule is C[C@@H](Sc1ncnc2nc[nH]c12)C(=O)NCc1cccc(Cl)c1. The molecule has 118 valence electrons. The Balaban J connectivity index is 1.62. The Kier molecular flexibility index (Phi) is 4.78. The van der Waals surface area contributed by atoms with Crippen molar-refractivity contribution in [2.45, 2.75) is 23.7 Å². The topological polar surface area (TPSA) is 83.6 Å². The second-order valence-corrected chi connectivity index (χ2v) is 6.65. The van der Waals surface area contributed by atoms with Crippen LogP contribution in [0, 0.1) is 0 Å². The first-order valence-electron chi connectivity index (χ1n) is 6.96. The first-order chi connectivity index (χ1) is 11.1. The van der Waals surface area contributed by atoms with Gasteiger partial charge in [0.1, 0.15) is 16.9 Å². The molecule has 6 nitrogen and oxygen atoms in total. The summed E-state index contributed by atoms with van der Waals surface area (Å²) < 4.78 is 0. The van der Waals surface area contributed by atoms with Crippen molar-refractivity contribution in [2.75, 3.05) is 0 Å². The van der Waals surface area contributed by atoms with Crippen LogP contribution in [0.1, 0.15) is 12.5 Å². The Morgan fingerprint density at radius 1 is 1.39 bits per heavy atom. The number of aromatic nitrogens is 4. The van der Waals surface area contributed by atoms with E-state index in [4.69, 9.17) is 11.6 Å². The maximum Gasteiger partial charge on any atom is 0.233 e. The van der Waals surface area contributed by atoms with Crippen LogP contribution in [0.25, 0.3) is 11.2 Å². The van der Waals surface area contributed by atoms with Crippen LogP contribution < -0.4 is 5.32 Å². The number of hydrogen-bond donors (Lipinski definition) is 2. The molecule has 1 aromatic carbocycles. The quantitative estimate of drug-likeness (QED) is 0.547. The van der Waals surface area contributed by atoms with E-state index in [1.807, 2.05) is 25.1 Å². The standard InChI is InChI=1S/C15H14ClN5OS/c1-9(14(22)17-6-10-3-2-4-11(16)5-10)23-15-12-13(19-7-18-12)20-8-21-15/h2-5,7-9H,6H2,1H3,(H,17,22)(H,18,19,20,21)/t9-/m1/s1. The van der Waals surface area contributed by atoms with Gasteiger partial charge in [0.25, 0.3) is 0 Å². The number of benzene rings is 1. The zero-order valence-corrected chi connectivity index (χ0v) is 13.9. The lowest BCUT2D eigenvalue weighted by atomic mass is 10.2. The Hall–Kier alpha value is -2.12. The summed E-state index contributed by atoms with van der Waals surface area (Å²) in [5, 5.41) is 3.97. The number of imidazole rings is 1. The van der Waals surface area contributed by atoms with Crippen molar-refractivity contribution in [1.29, 1.82) is 0 Å². The van der Waals surface area contributed by atoms with Gasteiger partial charge in [-0.2, -0.15) is 0 Å². The van der Waals surface area contributed by atoms with Crippen molar-refractivity contribution < 1.29 is 4.79 Å². The number of fused-ring (bicyclic) bond motifs is 1. The smallest absolute Gasteiger partial charge is 0.233 e. The molecule has 2 aromatic heterocycles. The molecule has 0 bridgehead atoms. The van der Waals surface area contributed by atoms with Crippen LogP contribution in [-0.2, 0) is 11.3 Å². The summed E-state index contributed by atoms with van der Waals surface area (Å²) >= 11 is 7.30. The molecule has 0 unspecified atom stereocenters. The lowest BCUT2D eigenvalue weighted by Gasteiger charge is -2.12. The van der Waals surface area contributed by atoms with Crippen molar-refractivity contribution in [1.82, 2.24) is 25.3 Å². The summed E-state index contributed by atoms with van der Waals surface area (Å²) in [7, 11) is 0. The van der Waals surface area contributed by atoms with Gasteiger partial charge in [0.05, 0.1) is 11.6 Å². The molecule has 3 rings (SSSR count). The number of halogens is 1. The van der Waals surface area contributed by atoms with E-state index in [-0.39, 0.29) is 11.2 Å². The zero-order chi connectivity index (χ0) is 16.2. The van der Waals surface area contributed by atoms with Gasteiger partial charge >= 0.3 is 0 Å². The van der Waals surface area contributed by atoms with Gasteiger partial charge in [0.15, 0.2) is 5.65 Å². The summed E-state index contributed by atoms with van der Waals surface area (Å²) in [6.07, 6.45) is 3.01. The molecular weight excluding hydrogens is 334 g/mol. The van der Waals surface area contributed by atoms with Crippen LogP contribution in [0.3, 0.4) is 0 Å². The summed E-state index contributed by atoms with van der Waals surface area (Å²) in [4.78, 5) is 27.6. The molecule has 0 aliphatic rings. The Morgan fingerprint density at radius 2 is 2.26 bits per heavy atom. The number of rotatable bonds is 5. The highest BCUT2D eigenvalue weighted by atomic mass is 35.5. The van der Waals surface area contributed by atoms with Gasteiger partial charge in [-0.05, 0) is 24.6 Å². The molecule has 2 N–H and O–H groups in total. The van der Waals surface area contributed by atoms with Crippen LogP contribution in [0.2, 0.25) is 5.02 Å². The highest BCUT2D eigenvalue weighted by Gasteiger charge is 2.17. The number of amides is 1.